The zero-order chi connectivity index (χ0) is 28.9. The van der Waals surface area contributed by atoms with Crippen LogP contribution in [0.2, 0.25) is 0 Å². The number of rotatable bonds is 11. The Kier molecular flexibility index (Phi) is 9.81. The lowest BCUT2D eigenvalue weighted by Gasteiger charge is -2.31. The van der Waals surface area contributed by atoms with Crippen LogP contribution < -0.4 is 9.47 Å². The highest BCUT2D eigenvalue weighted by Crippen LogP contribution is 2.33. The number of carboxylic acids is 1. The van der Waals surface area contributed by atoms with E-state index in [4.69, 9.17) is 9.47 Å². The molecule has 0 saturated heterocycles. The molecule has 1 aromatic heterocycles. The van der Waals surface area contributed by atoms with Gasteiger partial charge in [-0.2, -0.15) is 0 Å². The number of nitrogens with zero attached hydrogens (tertiary/aromatic N) is 2. The summed E-state index contributed by atoms with van der Waals surface area (Å²) < 4.78 is 26.0. The van der Waals surface area contributed by atoms with E-state index < -0.39 is 23.7 Å². The summed E-state index contributed by atoms with van der Waals surface area (Å²) in [4.78, 5) is 30.8. The first-order valence-electron chi connectivity index (χ1n) is 13.0. The molecule has 208 valence electrons. The van der Waals surface area contributed by atoms with Gasteiger partial charge in [-0.1, -0.05) is 25.1 Å². The lowest BCUT2D eigenvalue weighted by Crippen LogP contribution is -2.36. The number of carbonyl (C=O) groups excluding carboxylic acids is 1. The first-order valence-corrected chi connectivity index (χ1v) is 13.0. The molecular formula is C31H37FN2O5. The highest BCUT2D eigenvalue weighted by atomic mass is 19.1. The molecule has 0 aliphatic rings. The third kappa shape index (κ3) is 7.41. The fourth-order valence-corrected chi connectivity index (χ4v) is 4.59. The fraction of sp³-hybridized carbons (Fsp3) is 0.387. The fourth-order valence-electron chi connectivity index (χ4n) is 4.59. The van der Waals surface area contributed by atoms with Gasteiger partial charge in [0.25, 0.3) is 0 Å². The smallest absolute Gasteiger partial charge is 0.343 e. The lowest BCUT2D eigenvalue weighted by molar-refractivity contribution is -0.141. The molecule has 1 atom stereocenters. The van der Waals surface area contributed by atoms with Crippen LogP contribution in [0.5, 0.6) is 11.6 Å². The van der Waals surface area contributed by atoms with Gasteiger partial charge in [0, 0.05) is 30.3 Å². The molecule has 1 N–H and O–H groups in total. The number of pyridine rings is 1. The molecule has 0 aliphatic heterocycles. The molecule has 8 heteroatoms. The third-order valence-corrected chi connectivity index (χ3v) is 6.75. The summed E-state index contributed by atoms with van der Waals surface area (Å²) in [5.41, 5.74) is 3.52. The molecule has 0 spiro atoms. The Balaban J connectivity index is 2.04. The Morgan fingerprint density at radius 3 is 2.33 bits per heavy atom. The quantitative estimate of drug-likeness (QED) is 0.227. The van der Waals surface area contributed by atoms with Crippen molar-refractivity contribution >= 4 is 11.9 Å². The van der Waals surface area contributed by atoms with Crippen molar-refractivity contribution in [2.24, 2.45) is 5.92 Å². The maximum atomic E-state index is 15.0. The minimum absolute atomic E-state index is 0.210. The van der Waals surface area contributed by atoms with Crippen molar-refractivity contribution in [1.82, 2.24) is 9.88 Å². The Labute approximate surface area is 229 Å². The molecule has 0 fully saturated rings. The van der Waals surface area contributed by atoms with E-state index in [-0.39, 0.29) is 12.1 Å². The molecule has 0 radical (unpaired) electrons. The molecule has 3 aromatic rings. The second kappa shape index (κ2) is 12.8. The minimum atomic E-state index is -0.888. The number of aromatic nitrogens is 1. The number of aliphatic carboxylic acids is 1. The largest absolute Gasteiger partial charge is 0.481 e. The number of esters is 1. The first kappa shape index (κ1) is 29.8. The van der Waals surface area contributed by atoms with Gasteiger partial charge in [-0.25, -0.2) is 14.2 Å². The second-order valence-electron chi connectivity index (χ2n) is 10.4. The standard InChI is InChI=1S/C31H37FN2O5/c1-18(2)34(19(3)4)17-23-14-25(20(5)12-26(23)27-15-29(38-7)33-16-28(27)32)31(37)39-24-10-8-9-22(13-24)11-21(6)30(35)36/h8-10,12-16,18-19,21H,11,17H2,1-7H3,(H,35,36). The average molecular weight is 537 g/mol. The van der Waals surface area contributed by atoms with Crippen molar-refractivity contribution in [3.63, 3.8) is 0 Å². The van der Waals surface area contributed by atoms with E-state index in [9.17, 15) is 14.7 Å². The number of aryl methyl sites for hydroxylation is 1. The van der Waals surface area contributed by atoms with Crippen molar-refractivity contribution in [2.75, 3.05) is 7.11 Å². The van der Waals surface area contributed by atoms with Crippen LogP contribution in [-0.4, -0.2) is 46.1 Å². The Hall–Kier alpha value is -3.78. The number of carboxylic acid groups (broad SMARTS) is 1. The highest BCUT2D eigenvalue weighted by molar-refractivity contribution is 5.94. The van der Waals surface area contributed by atoms with E-state index in [1.54, 1.807) is 56.3 Å². The summed E-state index contributed by atoms with van der Waals surface area (Å²) in [6, 6.07) is 12.4. The number of benzene rings is 2. The topological polar surface area (TPSA) is 89.0 Å². The molecular weight excluding hydrogens is 499 g/mol. The molecule has 1 unspecified atom stereocenters. The lowest BCUT2D eigenvalue weighted by atomic mass is 9.93. The van der Waals surface area contributed by atoms with Gasteiger partial charge in [0.2, 0.25) is 5.88 Å². The zero-order valence-electron chi connectivity index (χ0n) is 23.6. The van der Waals surface area contributed by atoms with E-state index >= 15 is 4.39 Å². The number of halogens is 1. The second-order valence-corrected chi connectivity index (χ2v) is 10.4. The zero-order valence-corrected chi connectivity index (χ0v) is 23.6. The Bertz CT molecular complexity index is 1330. The molecule has 2 aromatic carbocycles. The third-order valence-electron chi connectivity index (χ3n) is 6.75. The van der Waals surface area contributed by atoms with Crippen molar-refractivity contribution in [3.05, 3.63) is 76.7 Å². The maximum absolute atomic E-state index is 15.0. The first-order chi connectivity index (χ1) is 18.4. The van der Waals surface area contributed by atoms with Gasteiger partial charge in [-0.3, -0.25) is 9.69 Å². The SMILES string of the molecule is COc1cc(-c2cc(C)c(C(=O)Oc3cccc(CC(C)C(=O)O)c3)cc2CN(C(C)C)C(C)C)c(F)cn1. The average Bonchev–Trinajstić information content (AvgIpc) is 2.87. The van der Waals surface area contributed by atoms with Gasteiger partial charge >= 0.3 is 11.9 Å². The number of hydrogen-bond acceptors (Lipinski definition) is 6. The molecule has 7 nitrogen and oxygen atoms in total. The molecule has 0 amide bonds. The van der Waals surface area contributed by atoms with E-state index in [1.807, 2.05) is 0 Å². The van der Waals surface area contributed by atoms with Crippen LogP contribution >= 0.6 is 0 Å². The number of carbonyl (C=O) groups is 2. The summed E-state index contributed by atoms with van der Waals surface area (Å²) in [6.07, 6.45) is 1.45. The van der Waals surface area contributed by atoms with Crippen LogP contribution in [0.1, 0.15) is 61.7 Å². The van der Waals surface area contributed by atoms with E-state index in [0.717, 1.165) is 17.3 Å². The number of hydrogen-bond donors (Lipinski definition) is 1. The Morgan fingerprint density at radius 1 is 1.03 bits per heavy atom. The van der Waals surface area contributed by atoms with Gasteiger partial charge < -0.3 is 14.6 Å². The van der Waals surface area contributed by atoms with Gasteiger partial charge in [-0.05, 0) is 81.5 Å². The van der Waals surface area contributed by atoms with Crippen LogP contribution in [0.15, 0.2) is 48.7 Å². The van der Waals surface area contributed by atoms with Crippen molar-refractivity contribution in [2.45, 2.75) is 66.6 Å². The number of methoxy groups -OCH3 is 1. The van der Waals surface area contributed by atoms with Crippen LogP contribution in [0.25, 0.3) is 11.1 Å². The van der Waals surface area contributed by atoms with E-state index in [1.165, 1.54) is 7.11 Å². The minimum Gasteiger partial charge on any atom is -0.481 e. The van der Waals surface area contributed by atoms with Gasteiger partial charge in [0.1, 0.15) is 11.6 Å². The summed E-state index contributed by atoms with van der Waals surface area (Å²) in [5.74, 6) is -1.86. The predicted molar refractivity (Wildman–Crippen MR) is 149 cm³/mol. The molecule has 0 saturated carbocycles. The normalized spacial score (nSPS) is 12.2. The summed E-state index contributed by atoms with van der Waals surface area (Å²) in [6.45, 7) is 12.3. The van der Waals surface area contributed by atoms with Crippen molar-refractivity contribution in [1.29, 1.82) is 0 Å². The summed E-state index contributed by atoms with van der Waals surface area (Å²) in [5, 5.41) is 9.22. The van der Waals surface area contributed by atoms with E-state index in [0.29, 0.717) is 46.8 Å². The Morgan fingerprint density at radius 2 is 1.72 bits per heavy atom. The molecule has 1 heterocycles. The van der Waals surface area contributed by atoms with Gasteiger partial charge in [0.05, 0.1) is 24.8 Å². The van der Waals surface area contributed by atoms with Gasteiger partial charge in [-0.15, -0.1) is 0 Å². The van der Waals surface area contributed by atoms with Crippen LogP contribution in [0.4, 0.5) is 4.39 Å². The monoisotopic (exact) mass is 536 g/mol. The van der Waals surface area contributed by atoms with E-state index in [2.05, 4.69) is 37.6 Å². The highest BCUT2D eigenvalue weighted by Gasteiger charge is 2.22. The summed E-state index contributed by atoms with van der Waals surface area (Å²) >= 11 is 0. The molecule has 39 heavy (non-hydrogen) atoms. The van der Waals surface area contributed by atoms with Crippen LogP contribution in [-0.2, 0) is 17.8 Å². The molecule has 3 rings (SSSR count). The number of ether oxygens (including phenoxy) is 2. The van der Waals surface area contributed by atoms with Crippen molar-refractivity contribution < 1.29 is 28.6 Å². The molecule has 0 aliphatic carbocycles. The molecule has 0 bridgehead atoms. The maximum Gasteiger partial charge on any atom is 0.343 e. The van der Waals surface area contributed by atoms with Crippen LogP contribution in [0, 0.1) is 18.7 Å². The summed E-state index contributed by atoms with van der Waals surface area (Å²) in [7, 11) is 1.48. The van der Waals surface area contributed by atoms with Gasteiger partial charge in [0.15, 0.2) is 0 Å². The van der Waals surface area contributed by atoms with Crippen LogP contribution in [0.3, 0.4) is 0 Å². The van der Waals surface area contributed by atoms with Crippen molar-refractivity contribution in [3.8, 4) is 22.8 Å². The predicted octanol–water partition coefficient (Wildman–Crippen LogP) is 6.31.